The summed E-state index contributed by atoms with van der Waals surface area (Å²) in [6.07, 6.45) is 2.17. The standard InChI is InChI=1S/C19H25N5O3/c1-21-15-4-2-3-5-16(15)24(19(21)27)13-18(26)23-10-8-22(9-11-23)12-17(25)20-14-6-7-14/h2-5,14H,6-13H2,1H3,(H,20,25). The van der Waals surface area contributed by atoms with Gasteiger partial charge in [0.2, 0.25) is 11.8 Å². The lowest BCUT2D eigenvalue weighted by Gasteiger charge is -2.34. The fourth-order valence-corrected chi connectivity index (χ4v) is 3.61. The highest BCUT2D eigenvalue weighted by Gasteiger charge is 2.26. The molecule has 27 heavy (non-hydrogen) atoms. The van der Waals surface area contributed by atoms with Crippen molar-refractivity contribution in [2.45, 2.75) is 25.4 Å². The highest BCUT2D eigenvalue weighted by atomic mass is 16.2. The van der Waals surface area contributed by atoms with Gasteiger partial charge in [0.05, 0.1) is 17.6 Å². The highest BCUT2D eigenvalue weighted by molar-refractivity contribution is 5.81. The van der Waals surface area contributed by atoms with E-state index in [0.29, 0.717) is 38.8 Å². The Morgan fingerprint density at radius 3 is 2.37 bits per heavy atom. The summed E-state index contributed by atoms with van der Waals surface area (Å²) in [6, 6.07) is 7.86. The number of para-hydroxylation sites is 2. The van der Waals surface area contributed by atoms with Gasteiger partial charge in [-0.15, -0.1) is 0 Å². The Kier molecular flexibility index (Phi) is 4.73. The van der Waals surface area contributed by atoms with E-state index in [-0.39, 0.29) is 24.0 Å². The number of aryl methyl sites for hydroxylation is 1. The number of nitrogens with zero attached hydrogens (tertiary/aromatic N) is 4. The molecule has 0 unspecified atom stereocenters. The van der Waals surface area contributed by atoms with E-state index in [1.54, 1.807) is 16.5 Å². The lowest BCUT2D eigenvalue weighted by atomic mass is 10.3. The molecule has 2 heterocycles. The van der Waals surface area contributed by atoms with Gasteiger partial charge in [-0.2, -0.15) is 0 Å². The number of carbonyl (C=O) groups excluding carboxylic acids is 2. The van der Waals surface area contributed by atoms with Gasteiger partial charge in [0.25, 0.3) is 0 Å². The van der Waals surface area contributed by atoms with Crippen LogP contribution in [0.3, 0.4) is 0 Å². The van der Waals surface area contributed by atoms with Crippen LogP contribution >= 0.6 is 0 Å². The second kappa shape index (κ2) is 7.19. The van der Waals surface area contributed by atoms with Crippen molar-refractivity contribution in [1.29, 1.82) is 0 Å². The average molecular weight is 371 g/mol. The van der Waals surface area contributed by atoms with E-state index in [0.717, 1.165) is 23.9 Å². The summed E-state index contributed by atoms with van der Waals surface area (Å²) >= 11 is 0. The van der Waals surface area contributed by atoms with E-state index in [1.807, 2.05) is 24.3 Å². The van der Waals surface area contributed by atoms with Crippen molar-refractivity contribution in [3.63, 3.8) is 0 Å². The third-order valence-corrected chi connectivity index (χ3v) is 5.38. The highest BCUT2D eigenvalue weighted by Crippen LogP contribution is 2.18. The maximum atomic E-state index is 12.7. The van der Waals surface area contributed by atoms with E-state index in [2.05, 4.69) is 10.2 Å². The van der Waals surface area contributed by atoms with Crippen molar-refractivity contribution in [3.8, 4) is 0 Å². The molecular weight excluding hydrogens is 346 g/mol. The summed E-state index contributed by atoms with van der Waals surface area (Å²) in [6.45, 7) is 2.94. The van der Waals surface area contributed by atoms with Gasteiger partial charge in [0.15, 0.2) is 0 Å². The van der Waals surface area contributed by atoms with E-state index in [9.17, 15) is 14.4 Å². The van der Waals surface area contributed by atoms with Crippen LogP contribution in [0.4, 0.5) is 0 Å². The summed E-state index contributed by atoms with van der Waals surface area (Å²) in [5, 5.41) is 2.99. The van der Waals surface area contributed by atoms with Gasteiger partial charge in [-0.3, -0.25) is 23.6 Å². The molecule has 2 aromatic rings. The van der Waals surface area contributed by atoms with Gasteiger partial charge in [-0.1, -0.05) is 12.1 Å². The van der Waals surface area contributed by atoms with Gasteiger partial charge < -0.3 is 10.2 Å². The Bertz CT molecular complexity index is 919. The minimum Gasteiger partial charge on any atom is -0.352 e. The zero-order valence-electron chi connectivity index (χ0n) is 15.6. The zero-order chi connectivity index (χ0) is 19.0. The first-order valence-corrected chi connectivity index (χ1v) is 9.46. The van der Waals surface area contributed by atoms with E-state index < -0.39 is 0 Å². The van der Waals surface area contributed by atoms with E-state index in [1.165, 1.54) is 4.57 Å². The lowest BCUT2D eigenvalue weighted by Crippen LogP contribution is -2.52. The fraction of sp³-hybridized carbons (Fsp3) is 0.526. The van der Waals surface area contributed by atoms with Gasteiger partial charge in [-0.05, 0) is 25.0 Å². The number of imidazole rings is 1. The van der Waals surface area contributed by atoms with Crippen LogP contribution in [0.1, 0.15) is 12.8 Å². The number of nitrogens with one attached hydrogen (secondary N) is 1. The number of hydrogen-bond donors (Lipinski definition) is 1. The van der Waals surface area contributed by atoms with Crippen molar-refractivity contribution in [2.75, 3.05) is 32.7 Å². The Morgan fingerprint density at radius 2 is 1.70 bits per heavy atom. The molecule has 1 saturated carbocycles. The molecule has 0 bridgehead atoms. The molecule has 4 rings (SSSR count). The lowest BCUT2D eigenvalue weighted by molar-refractivity contribution is -0.133. The first-order chi connectivity index (χ1) is 13.0. The average Bonchev–Trinajstić information content (AvgIpc) is 3.45. The Hall–Kier alpha value is -2.61. The van der Waals surface area contributed by atoms with Crippen LogP contribution in [0.5, 0.6) is 0 Å². The third kappa shape index (κ3) is 3.75. The molecule has 0 atom stereocenters. The molecule has 8 nitrogen and oxygen atoms in total. The van der Waals surface area contributed by atoms with Crippen LogP contribution in [-0.4, -0.2) is 69.5 Å². The number of amides is 2. The number of aromatic nitrogens is 2. The number of piperazine rings is 1. The van der Waals surface area contributed by atoms with Gasteiger partial charge in [0.1, 0.15) is 6.54 Å². The number of benzene rings is 1. The van der Waals surface area contributed by atoms with Crippen LogP contribution in [0, 0.1) is 0 Å². The summed E-state index contributed by atoms with van der Waals surface area (Å²) in [4.78, 5) is 41.0. The maximum Gasteiger partial charge on any atom is 0.329 e. The zero-order valence-corrected chi connectivity index (χ0v) is 15.6. The third-order valence-electron chi connectivity index (χ3n) is 5.38. The van der Waals surface area contributed by atoms with Gasteiger partial charge in [-0.25, -0.2) is 4.79 Å². The summed E-state index contributed by atoms with van der Waals surface area (Å²) in [7, 11) is 1.72. The molecule has 1 aromatic carbocycles. The van der Waals surface area contributed by atoms with Crippen molar-refractivity contribution < 1.29 is 9.59 Å². The molecule has 1 aromatic heterocycles. The molecule has 0 radical (unpaired) electrons. The summed E-state index contributed by atoms with van der Waals surface area (Å²) < 4.78 is 3.10. The Labute approximate surface area is 157 Å². The van der Waals surface area contributed by atoms with Gasteiger partial charge in [0, 0.05) is 39.3 Å². The predicted molar refractivity (Wildman–Crippen MR) is 101 cm³/mol. The molecule has 2 fully saturated rings. The molecule has 8 heteroatoms. The van der Waals surface area contributed by atoms with Crippen LogP contribution in [-0.2, 0) is 23.2 Å². The van der Waals surface area contributed by atoms with Crippen molar-refractivity contribution >= 4 is 22.8 Å². The maximum absolute atomic E-state index is 12.7. The monoisotopic (exact) mass is 371 g/mol. The SMILES string of the molecule is Cn1c(=O)n(CC(=O)N2CCN(CC(=O)NC3CC3)CC2)c2ccccc21. The van der Waals surface area contributed by atoms with Gasteiger partial charge >= 0.3 is 5.69 Å². The molecule has 2 amide bonds. The Balaban J connectivity index is 1.35. The summed E-state index contributed by atoms with van der Waals surface area (Å²) in [5.41, 5.74) is 1.41. The molecule has 0 spiro atoms. The van der Waals surface area contributed by atoms with Crippen LogP contribution < -0.4 is 11.0 Å². The number of hydrogen-bond acceptors (Lipinski definition) is 4. The minimum absolute atomic E-state index is 0.0440. The summed E-state index contributed by atoms with van der Waals surface area (Å²) in [5.74, 6) is 0.00937. The molecule has 2 aliphatic rings. The Morgan fingerprint density at radius 1 is 1.04 bits per heavy atom. The molecule has 1 aliphatic heterocycles. The van der Waals surface area contributed by atoms with E-state index in [4.69, 9.17) is 0 Å². The van der Waals surface area contributed by atoms with E-state index >= 15 is 0 Å². The second-order valence-corrected chi connectivity index (χ2v) is 7.42. The normalized spacial score (nSPS) is 18.0. The van der Waals surface area contributed by atoms with Crippen LogP contribution in [0.25, 0.3) is 11.0 Å². The fourth-order valence-electron chi connectivity index (χ4n) is 3.61. The van der Waals surface area contributed by atoms with Crippen molar-refractivity contribution in [3.05, 3.63) is 34.7 Å². The first kappa shape index (κ1) is 17.8. The quantitative estimate of drug-likeness (QED) is 0.787. The van der Waals surface area contributed by atoms with Crippen molar-refractivity contribution in [2.24, 2.45) is 7.05 Å². The molecular formula is C19H25N5O3. The number of rotatable bonds is 5. The smallest absolute Gasteiger partial charge is 0.329 e. The predicted octanol–water partition coefficient (Wildman–Crippen LogP) is -0.237. The molecule has 1 N–H and O–H groups in total. The molecule has 144 valence electrons. The first-order valence-electron chi connectivity index (χ1n) is 9.46. The number of carbonyl (C=O) groups is 2. The van der Waals surface area contributed by atoms with Crippen LogP contribution in [0.15, 0.2) is 29.1 Å². The largest absolute Gasteiger partial charge is 0.352 e. The number of fused-ring (bicyclic) bond motifs is 1. The van der Waals surface area contributed by atoms with Crippen molar-refractivity contribution in [1.82, 2.24) is 24.3 Å². The minimum atomic E-state index is -0.181. The second-order valence-electron chi connectivity index (χ2n) is 7.42. The topological polar surface area (TPSA) is 79.6 Å². The molecule has 1 saturated heterocycles. The molecule has 1 aliphatic carbocycles. The van der Waals surface area contributed by atoms with Crippen LogP contribution in [0.2, 0.25) is 0 Å².